The van der Waals surface area contributed by atoms with Crippen LogP contribution in [0.4, 0.5) is 10.5 Å². The van der Waals surface area contributed by atoms with Crippen LogP contribution in [-0.4, -0.2) is 47.2 Å². The first-order valence-corrected chi connectivity index (χ1v) is 11.9. The number of aromatic nitrogens is 2. The molecule has 1 N–H and O–H groups in total. The van der Waals surface area contributed by atoms with Crippen molar-refractivity contribution in [1.82, 2.24) is 14.9 Å². The van der Waals surface area contributed by atoms with E-state index < -0.39 is 0 Å². The number of fused-ring (bicyclic) bond motifs is 1. The number of nitrogens with one attached hydrogen (secondary N) is 1. The lowest BCUT2D eigenvalue weighted by Gasteiger charge is -2.40. The molecule has 1 fully saturated rings. The number of methoxy groups -OCH3 is 1. The zero-order valence-corrected chi connectivity index (χ0v) is 20.2. The van der Waals surface area contributed by atoms with Crippen molar-refractivity contribution in [3.8, 4) is 11.5 Å². The van der Waals surface area contributed by atoms with Crippen LogP contribution in [0.1, 0.15) is 45.1 Å². The second kappa shape index (κ2) is 10.3. The number of benzene rings is 1. The molecule has 1 aliphatic heterocycles. The van der Waals surface area contributed by atoms with Crippen LogP contribution in [0.3, 0.4) is 0 Å². The van der Waals surface area contributed by atoms with Gasteiger partial charge in [0.1, 0.15) is 5.65 Å². The highest BCUT2D eigenvalue weighted by Crippen LogP contribution is 2.35. The van der Waals surface area contributed by atoms with E-state index in [1.165, 1.54) is 0 Å². The third kappa shape index (κ3) is 4.88. The first-order valence-electron chi connectivity index (χ1n) is 11.5. The number of unbranched alkanes of at least 4 members (excludes halogenated alkanes) is 2. The van der Waals surface area contributed by atoms with Crippen molar-refractivity contribution >= 4 is 34.4 Å². The summed E-state index contributed by atoms with van der Waals surface area (Å²) in [6.45, 7) is 5.98. The number of hydrogen-bond donors (Lipinski definition) is 1. The smallest absolute Gasteiger partial charge is 0.325 e. The minimum Gasteiger partial charge on any atom is -0.493 e. The molecule has 2 amide bonds. The summed E-state index contributed by atoms with van der Waals surface area (Å²) >= 11 is 6.39. The number of nitrogens with zero attached hydrogens (tertiary/aromatic N) is 3. The lowest BCUT2D eigenvalue weighted by atomic mass is 10.1. The molecular weight excluding hydrogens is 440 g/mol. The maximum Gasteiger partial charge on any atom is 0.325 e. The van der Waals surface area contributed by atoms with E-state index in [2.05, 4.69) is 23.8 Å². The van der Waals surface area contributed by atoms with Crippen molar-refractivity contribution in [2.75, 3.05) is 25.2 Å². The third-order valence-corrected chi connectivity index (χ3v) is 6.49. The third-order valence-electron chi connectivity index (χ3n) is 6.20. The van der Waals surface area contributed by atoms with E-state index in [0.717, 1.165) is 48.0 Å². The Labute approximate surface area is 199 Å². The second-order valence-corrected chi connectivity index (χ2v) is 8.83. The Kier molecular flexibility index (Phi) is 7.28. The summed E-state index contributed by atoms with van der Waals surface area (Å²) in [7, 11) is 1.63. The highest BCUT2D eigenvalue weighted by atomic mass is 35.5. The van der Waals surface area contributed by atoms with Crippen molar-refractivity contribution in [2.45, 2.75) is 52.1 Å². The Balaban J connectivity index is 1.57. The number of pyridine rings is 1. The summed E-state index contributed by atoms with van der Waals surface area (Å²) in [4.78, 5) is 24.7. The molecule has 1 aliphatic rings. The summed E-state index contributed by atoms with van der Waals surface area (Å²) in [6, 6.07) is 7.69. The molecule has 4 rings (SSSR count). The van der Waals surface area contributed by atoms with Crippen LogP contribution < -0.4 is 14.4 Å². The maximum atomic E-state index is 13.6. The number of aromatic amines is 1. The van der Waals surface area contributed by atoms with Crippen LogP contribution in [0.15, 0.2) is 36.7 Å². The van der Waals surface area contributed by atoms with Crippen molar-refractivity contribution in [2.24, 2.45) is 0 Å². The van der Waals surface area contributed by atoms with Gasteiger partial charge in [0, 0.05) is 48.7 Å². The number of urea groups is 1. The highest BCUT2D eigenvalue weighted by Gasteiger charge is 2.32. The van der Waals surface area contributed by atoms with Crippen LogP contribution >= 0.6 is 11.6 Å². The monoisotopic (exact) mass is 470 g/mol. The van der Waals surface area contributed by atoms with Gasteiger partial charge in [-0.25, -0.2) is 9.78 Å². The Morgan fingerprint density at radius 3 is 2.88 bits per heavy atom. The lowest BCUT2D eigenvalue weighted by molar-refractivity contribution is 0.166. The molecule has 3 aromatic rings. The van der Waals surface area contributed by atoms with Gasteiger partial charge in [-0.2, -0.15) is 0 Å². The number of hydrogen-bond acceptors (Lipinski definition) is 4. The number of ether oxygens (including phenoxy) is 2. The van der Waals surface area contributed by atoms with Gasteiger partial charge in [0.2, 0.25) is 0 Å². The summed E-state index contributed by atoms with van der Waals surface area (Å²) in [5.74, 6) is 1.34. The molecule has 0 spiro atoms. The van der Waals surface area contributed by atoms with Gasteiger partial charge < -0.3 is 19.4 Å². The van der Waals surface area contributed by atoms with Gasteiger partial charge in [-0.15, -0.1) is 0 Å². The number of anilines is 1. The number of H-pyrrole nitrogens is 1. The largest absolute Gasteiger partial charge is 0.493 e. The van der Waals surface area contributed by atoms with Crippen molar-refractivity contribution in [3.63, 3.8) is 0 Å². The van der Waals surface area contributed by atoms with E-state index in [0.29, 0.717) is 36.2 Å². The second-order valence-electron chi connectivity index (χ2n) is 8.42. The Morgan fingerprint density at radius 2 is 2.09 bits per heavy atom. The number of rotatable bonds is 9. The number of halogens is 1. The normalized spacial score (nSPS) is 16.5. The van der Waals surface area contributed by atoms with E-state index in [4.69, 9.17) is 21.1 Å². The fourth-order valence-corrected chi connectivity index (χ4v) is 4.52. The van der Waals surface area contributed by atoms with Crippen LogP contribution in [-0.2, 0) is 6.54 Å². The quantitative estimate of drug-likeness (QED) is 0.388. The fraction of sp³-hybridized carbons (Fsp3) is 0.440. The number of amides is 2. The van der Waals surface area contributed by atoms with Crippen LogP contribution in [0, 0.1) is 0 Å². The van der Waals surface area contributed by atoms with E-state index in [1.54, 1.807) is 19.5 Å². The first-order chi connectivity index (χ1) is 16.0. The Hall–Kier alpha value is -2.93. The predicted octanol–water partition coefficient (Wildman–Crippen LogP) is 6.01. The minimum absolute atomic E-state index is 0.0347. The van der Waals surface area contributed by atoms with Crippen LogP contribution in [0.5, 0.6) is 11.5 Å². The van der Waals surface area contributed by atoms with E-state index in [9.17, 15) is 4.79 Å². The van der Waals surface area contributed by atoms with E-state index in [-0.39, 0.29) is 12.1 Å². The van der Waals surface area contributed by atoms with Crippen LogP contribution in [0.25, 0.3) is 11.0 Å². The summed E-state index contributed by atoms with van der Waals surface area (Å²) in [5, 5.41) is 1.48. The molecule has 2 aromatic heterocycles. The first kappa shape index (κ1) is 23.2. The molecule has 0 radical (unpaired) electrons. The van der Waals surface area contributed by atoms with Crippen molar-refractivity contribution in [3.05, 3.63) is 47.2 Å². The molecule has 1 aromatic carbocycles. The van der Waals surface area contributed by atoms with Gasteiger partial charge in [-0.05, 0) is 43.5 Å². The molecule has 1 saturated heterocycles. The SMILES string of the molecule is CCCCCOc1cc(N2CC[C@@H](C)N(Cc3ccnc4[nH]cc(Cl)c34)C2=O)ccc1OC. The van der Waals surface area contributed by atoms with Crippen LogP contribution in [0.2, 0.25) is 5.02 Å². The molecule has 33 heavy (non-hydrogen) atoms. The minimum atomic E-state index is -0.0347. The lowest BCUT2D eigenvalue weighted by Crippen LogP contribution is -2.53. The molecule has 7 nitrogen and oxygen atoms in total. The summed E-state index contributed by atoms with van der Waals surface area (Å²) in [6.07, 6.45) is 7.57. The number of carbonyl (C=O) groups is 1. The molecule has 0 unspecified atom stereocenters. The van der Waals surface area contributed by atoms with Gasteiger partial charge in [-0.1, -0.05) is 31.4 Å². The highest BCUT2D eigenvalue weighted by molar-refractivity contribution is 6.35. The van der Waals surface area contributed by atoms with Crippen molar-refractivity contribution < 1.29 is 14.3 Å². The molecule has 0 bridgehead atoms. The zero-order valence-electron chi connectivity index (χ0n) is 19.4. The predicted molar refractivity (Wildman–Crippen MR) is 131 cm³/mol. The zero-order chi connectivity index (χ0) is 23.4. The Morgan fingerprint density at radius 1 is 1.24 bits per heavy atom. The van der Waals surface area contributed by atoms with E-state index in [1.807, 2.05) is 34.1 Å². The Bertz CT molecular complexity index is 1120. The molecule has 1 atom stereocenters. The molecular formula is C25H31ClN4O3. The molecule has 176 valence electrons. The summed E-state index contributed by atoms with van der Waals surface area (Å²) < 4.78 is 11.5. The van der Waals surface area contributed by atoms with Gasteiger partial charge in [0.05, 0.1) is 18.7 Å². The van der Waals surface area contributed by atoms with E-state index >= 15 is 0 Å². The van der Waals surface area contributed by atoms with Gasteiger partial charge >= 0.3 is 6.03 Å². The van der Waals surface area contributed by atoms with Gasteiger partial charge in [-0.3, -0.25) is 4.90 Å². The number of carbonyl (C=O) groups excluding carboxylic acids is 1. The maximum absolute atomic E-state index is 13.6. The van der Waals surface area contributed by atoms with Gasteiger partial charge in [0.25, 0.3) is 0 Å². The average molecular weight is 471 g/mol. The van der Waals surface area contributed by atoms with Gasteiger partial charge in [0.15, 0.2) is 11.5 Å². The van der Waals surface area contributed by atoms with Crippen molar-refractivity contribution in [1.29, 1.82) is 0 Å². The topological polar surface area (TPSA) is 70.7 Å². The average Bonchev–Trinajstić information content (AvgIpc) is 3.21. The molecule has 3 heterocycles. The summed E-state index contributed by atoms with van der Waals surface area (Å²) in [5.41, 5.74) is 2.51. The molecule has 8 heteroatoms. The standard InChI is InChI=1S/C25H31ClN4O3/c1-4-5-6-13-33-22-14-19(7-8-21(22)32-3)29-12-10-17(2)30(25(29)31)16-18-9-11-27-24-23(18)20(26)15-28-24/h7-9,11,14-15,17H,4-6,10,12-13,16H2,1-3H3,(H,27,28)/t17-/m1/s1. The molecule has 0 aliphatic carbocycles. The fourth-order valence-electron chi connectivity index (χ4n) is 4.25. The molecule has 0 saturated carbocycles.